The van der Waals surface area contributed by atoms with E-state index in [0.717, 1.165) is 25.7 Å². The summed E-state index contributed by atoms with van der Waals surface area (Å²) in [6.07, 6.45) is 5.60. The SMILES string of the molecule is C=CCN(C(=O)CNC(=O)c1cccs1)C(C(=O)NC1CCCC1)c1ccccc1OCC. The van der Waals surface area contributed by atoms with Gasteiger partial charge in [-0.15, -0.1) is 17.9 Å². The van der Waals surface area contributed by atoms with E-state index in [1.54, 1.807) is 35.7 Å². The molecule has 33 heavy (non-hydrogen) atoms. The molecule has 1 heterocycles. The summed E-state index contributed by atoms with van der Waals surface area (Å²) in [6, 6.07) is 9.92. The van der Waals surface area contributed by atoms with Gasteiger partial charge in [-0.1, -0.05) is 43.2 Å². The van der Waals surface area contributed by atoms with E-state index in [0.29, 0.717) is 22.8 Å². The molecule has 1 aliphatic carbocycles. The van der Waals surface area contributed by atoms with Crippen LogP contribution in [0.25, 0.3) is 0 Å². The van der Waals surface area contributed by atoms with Crippen LogP contribution in [0, 0.1) is 0 Å². The van der Waals surface area contributed by atoms with Crippen LogP contribution in [0.4, 0.5) is 0 Å². The highest BCUT2D eigenvalue weighted by molar-refractivity contribution is 7.12. The monoisotopic (exact) mass is 469 g/mol. The van der Waals surface area contributed by atoms with Crippen LogP contribution in [0.15, 0.2) is 54.4 Å². The molecule has 1 fully saturated rings. The van der Waals surface area contributed by atoms with Gasteiger partial charge in [-0.05, 0) is 37.3 Å². The first-order valence-corrected chi connectivity index (χ1v) is 12.2. The van der Waals surface area contributed by atoms with Crippen molar-refractivity contribution in [1.82, 2.24) is 15.5 Å². The molecule has 0 saturated heterocycles. The van der Waals surface area contributed by atoms with Gasteiger partial charge in [0.25, 0.3) is 5.91 Å². The molecule has 0 radical (unpaired) electrons. The minimum absolute atomic E-state index is 0.0958. The predicted molar refractivity (Wildman–Crippen MR) is 129 cm³/mol. The topological polar surface area (TPSA) is 87.7 Å². The zero-order chi connectivity index (χ0) is 23.6. The highest BCUT2D eigenvalue weighted by Crippen LogP contribution is 2.31. The maximum absolute atomic E-state index is 13.5. The molecular weight excluding hydrogens is 438 g/mol. The Morgan fingerprint density at radius 2 is 1.97 bits per heavy atom. The number of nitrogens with zero attached hydrogens (tertiary/aromatic N) is 1. The summed E-state index contributed by atoms with van der Waals surface area (Å²) in [7, 11) is 0. The second-order valence-corrected chi connectivity index (χ2v) is 8.81. The van der Waals surface area contributed by atoms with Crippen molar-refractivity contribution in [2.75, 3.05) is 19.7 Å². The zero-order valence-corrected chi connectivity index (χ0v) is 19.7. The van der Waals surface area contributed by atoms with Gasteiger partial charge in [0.15, 0.2) is 0 Å². The lowest BCUT2D eigenvalue weighted by Crippen LogP contribution is -2.49. The van der Waals surface area contributed by atoms with Crippen molar-refractivity contribution in [2.45, 2.75) is 44.7 Å². The summed E-state index contributed by atoms with van der Waals surface area (Å²) in [5, 5.41) is 7.58. The Kier molecular flexibility index (Phi) is 9.06. The molecule has 176 valence electrons. The normalized spacial score (nSPS) is 14.3. The molecule has 1 aliphatic rings. The lowest BCUT2D eigenvalue weighted by molar-refractivity contribution is -0.139. The molecule has 8 heteroatoms. The van der Waals surface area contributed by atoms with Crippen LogP contribution in [0.5, 0.6) is 5.75 Å². The first-order valence-electron chi connectivity index (χ1n) is 11.3. The van der Waals surface area contributed by atoms with Gasteiger partial charge in [-0.3, -0.25) is 14.4 Å². The molecular formula is C25H31N3O4S. The molecule has 0 spiro atoms. The van der Waals surface area contributed by atoms with E-state index in [1.165, 1.54) is 16.2 Å². The number of ether oxygens (including phenoxy) is 1. The number of benzene rings is 1. The molecule has 1 atom stereocenters. The predicted octanol–water partition coefficient (Wildman–Crippen LogP) is 3.69. The number of nitrogens with one attached hydrogen (secondary N) is 2. The Balaban J connectivity index is 1.87. The fourth-order valence-electron chi connectivity index (χ4n) is 4.04. The first-order chi connectivity index (χ1) is 16.0. The van der Waals surface area contributed by atoms with Gasteiger partial charge in [-0.25, -0.2) is 0 Å². The third-order valence-electron chi connectivity index (χ3n) is 5.57. The smallest absolute Gasteiger partial charge is 0.261 e. The summed E-state index contributed by atoms with van der Waals surface area (Å²) in [4.78, 5) is 41.1. The van der Waals surface area contributed by atoms with Crippen molar-refractivity contribution >= 4 is 29.1 Å². The average molecular weight is 470 g/mol. The van der Waals surface area contributed by atoms with Crippen LogP contribution in [0.3, 0.4) is 0 Å². The van der Waals surface area contributed by atoms with Crippen LogP contribution in [-0.4, -0.2) is 48.4 Å². The lowest BCUT2D eigenvalue weighted by atomic mass is 10.0. The minimum atomic E-state index is -0.905. The van der Waals surface area contributed by atoms with E-state index in [1.807, 2.05) is 19.1 Å². The summed E-state index contributed by atoms with van der Waals surface area (Å²) in [5.74, 6) is -0.402. The molecule has 2 aromatic rings. The summed E-state index contributed by atoms with van der Waals surface area (Å²) in [6.45, 7) is 6.00. The average Bonchev–Trinajstić information content (AvgIpc) is 3.53. The van der Waals surface area contributed by atoms with E-state index in [2.05, 4.69) is 17.2 Å². The van der Waals surface area contributed by atoms with Crippen molar-refractivity contribution in [3.8, 4) is 5.75 Å². The molecule has 7 nitrogen and oxygen atoms in total. The van der Waals surface area contributed by atoms with Gasteiger partial charge >= 0.3 is 0 Å². The first kappa shape index (κ1) is 24.5. The van der Waals surface area contributed by atoms with Gasteiger partial charge in [0.1, 0.15) is 11.8 Å². The summed E-state index contributed by atoms with van der Waals surface area (Å²) in [5.41, 5.74) is 0.606. The minimum Gasteiger partial charge on any atom is -0.494 e. The molecule has 1 unspecified atom stereocenters. The van der Waals surface area contributed by atoms with Gasteiger partial charge in [0.05, 0.1) is 18.0 Å². The Morgan fingerprint density at radius 3 is 2.64 bits per heavy atom. The third-order valence-corrected chi connectivity index (χ3v) is 6.43. The molecule has 1 aromatic heterocycles. The Bertz CT molecular complexity index is 954. The maximum atomic E-state index is 13.5. The quantitative estimate of drug-likeness (QED) is 0.492. The van der Waals surface area contributed by atoms with E-state index in [4.69, 9.17) is 4.74 Å². The maximum Gasteiger partial charge on any atom is 0.261 e. The number of para-hydroxylation sites is 1. The molecule has 3 rings (SSSR count). The van der Waals surface area contributed by atoms with Gasteiger partial charge in [0.2, 0.25) is 11.8 Å². The molecule has 0 aliphatic heterocycles. The third kappa shape index (κ3) is 6.44. The van der Waals surface area contributed by atoms with Crippen LogP contribution in [-0.2, 0) is 9.59 Å². The molecule has 0 bridgehead atoms. The van der Waals surface area contributed by atoms with Gasteiger partial charge in [-0.2, -0.15) is 0 Å². The Morgan fingerprint density at radius 1 is 1.21 bits per heavy atom. The molecule has 1 saturated carbocycles. The number of hydrogen-bond acceptors (Lipinski definition) is 5. The van der Waals surface area contributed by atoms with Crippen molar-refractivity contribution in [3.63, 3.8) is 0 Å². The number of hydrogen-bond donors (Lipinski definition) is 2. The number of carbonyl (C=O) groups excluding carboxylic acids is 3. The van der Waals surface area contributed by atoms with Crippen LogP contribution in [0.2, 0.25) is 0 Å². The largest absolute Gasteiger partial charge is 0.494 e. The standard InChI is InChI=1S/C25H31N3O4S/c1-3-15-28(22(29)17-26-24(30)21-14-9-16-33-21)23(25(31)27-18-10-5-6-11-18)19-12-7-8-13-20(19)32-4-2/h3,7-9,12-14,16,18,23H,1,4-6,10-11,15,17H2,2H3,(H,26,30)(H,27,31). The van der Waals surface area contributed by atoms with Crippen molar-refractivity contribution < 1.29 is 19.1 Å². The number of rotatable bonds is 11. The van der Waals surface area contributed by atoms with E-state index in [9.17, 15) is 14.4 Å². The van der Waals surface area contributed by atoms with Crippen LogP contribution in [0.1, 0.15) is 53.9 Å². The van der Waals surface area contributed by atoms with Gasteiger partial charge in [0, 0.05) is 18.2 Å². The molecule has 1 aromatic carbocycles. The number of carbonyl (C=O) groups is 3. The fourth-order valence-corrected chi connectivity index (χ4v) is 4.68. The van der Waals surface area contributed by atoms with Crippen LogP contribution >= 0.6 is 11.3 Å². The lowest BCUT2D eigenvalue weighted by Gasteiger charge is -2.32. The van der Waals surface area contributed by atoms with E-state index >= 15 is 0 Å². The molecule has 3 amide bonds. The van der Waals surface area contributed by atoms with Crippen molar-refractivity contribution in [2.24, 2.45) is 0 Å². The van der Waals surface area contributed by atoms with Crippen molar-refractivity contribution in [1.29, 1.82) is 0 Å². The second kappa shape index (κ2) is 12.2. The Hall–Kier alpha value is -3.13. The summed E-state index contributed by atoms with van der Waals surface area (Å²) >= 11 is 1.30. The molecule has 2 N–H and O–H groups in total. The zero-order valence-electron chi connectivity index (χ0n) is 18.9. The highest BCUT2D eigenvalue weighted by Gasteiger charge is 2.34. The van der Waals surface area contributed by atoms with E-state index < -0.39 is 6.04 Å². The summed E-state index contributed by atoms with van der Waals surface area (Å²) < 4.78 is 5.78. The number of thiophene rings is 1. The van der Waals surface area contributed by atoms with E-state index in [-0.39, 0.29) is 36.9 Å². The fraction of sp³-hybridized carbons (Fsp3) is 0.400. The highest BCUT2D eigenvalue weighted by atomic mass is 32.1. The van der Waals surface area contributed by atoms with Crippen molar-refractivity contribution in [3.05, 3.63) is 64.9 Å². The Labute approximate surface area is 198 Å². The van der Waals surface area contributed by atoms with Crippen LogP contribution < -0.4 is 15.4 Å². The second-order valence-electron chi connectivity index (χ2n) is 7.86. The number of amides is 3. The van der Waals surface area contributed by atoms with Gasteiger partial charge < -0.3 is 20.3 Å².